The summed E-state index contributed by atoms with van der Waals surface area (Å²) in [7, 11) is 1.78. The quantitative estimate of drug-likeness (QED) is 0.846. The molecule has 0 bridgehead atoms. The number of aryl methyl sites for hydroxylation is 2. The fourth-order valence-electron chi connectivity index (χ4n) is 1.81. The van der Waals surface area contributed by atoms with Gasteiger partial charge in [0, 0.05) is 24.9 Å². The third kappa shape index (κ3) is 3.54. The summed E-state index contributed by atoms with van der Waals surface area (Å²) < 4.78 is 1.60. The second-order valence-electron chi connectivity index (χ2n) is 4.45. The van der Waals surface area contributed by atoms with E-state index in [2.05, 4.69) is 5.10 Å². The van der Waals surface area contributed by atoms with Crippen LogP contribution in [0.15, 0.2) is 0 Å². The average Bonchev–Trinajstić information content (AvgIpc) is 2.52. The molecule has 5 heteroatoms. The van der Waals surface area contributed by atoms with Crippen molar-refractivity contribution < 1.29 is 4.79 Å². The Labute approximate surface area is 107 Å². The molecule has 1 atom stereocenters. The summed E-state index contributed by atoms with van der Waals surface area (Å²) in [5, 5.41) is 4.75. The smallest absolute Gasteiger partial charge is 0.140 e. The number of hydrogen-bond acceptors (Lipinski definition) is 3. The first-order valence-electron chi connectivity index (χ1n) is 5.88. The number of carbonyl (C=O) groups excluding carboxylic acids is 1. The van der Waals surface area contributed by atoms with Gasteiger partial charge in [0.2, 0.25) is 0 Å². The van der Waals surface area contributed by atoms with Gasteiger partial charge in [-0.05, 0) is 26.3 Å². The van der Waals surface area contributed by atoms with Gasteiger partial charge in [0.25, 0.3) is 0 Å². The summed E-state index contributed by atoms with van der Waals surface area (Å²) in [6.45, 7) is 4.45. The molecule has 17 heavy (non-hydrogen) atoms. The fourth-order valence-corrected chi connectivity index (χ4v) is 2.05. The van der Waals surface area contributed by atoms with Gasteiger partial charge in [-0.25, -0.2) is 0 Å². The van der Waals surface area contributed by atoms with E-state index in [1.165, 1.54) is 0 Å². The molecule has 0 aliphatic carbocycles. The lowest BCUT2D eigenvalue weighted by molar-refractivity contribution is -0.121. The SMILES string of the molecule is Cc1nn(C)c(Cl)c1CC(=O)C(C)CCCN. The molecule has 0 aliphatic heterocycles. The zero-order valence-electron chi connectivity index (χ0n) is 10.7. The Bertz CT molecular complexity index is 401. The van der Waals surface area contributed by atoms with Crippen molar-refractivity contribution in [2.75, 3.05) is 6.54 Å². The third-order valence-electron chi connectivity index (χ3n) is 3.01. The van der Waals surface area contributed by atoms with Crippen LogP contribution in [0.5, 0.6) is 0 Å². The van der Waals surface area contributed by atoms with E-state index in [1.807, 2.05) is 13.8 Å². The normalized spacial score (nSPS) is 12.8. The van der Waals surface area contributed by atoms with Crippen LogP contribution in [0.25, 0.3) is 0 Å². The van der Waals surface area contributed by atoms with Crippen LogP contribution in [-0.2, 0) is 18.3 Å². The highest BCUT2D eigenvalue weighted by Crippen LogP contribution is 2.21. The van der Waals surface area contributed by atoms with E-state index in [0.29, 0.717) is 18.1 Å². The molecule has 1 aromatic rings. The van der Waals surface area contributed by atoms with Gasteiger partial charge in [-0.2, -0.15) is 5.10 Å². The predicted octanol–water partition coefficient (Wildman–Crippen LogP) is 1.87. The fraction of sp³-hybridized carbons (Fsp3) is 0.667. The van der Waals surface area contributed by atoms with Crippen LogP contribution in [-0.4, -0.2) is 22.1 Å². The molecule has 0 aromatic carbocycles. The Morgan fingerprint density at radius 3 is 2.71 bits per heavy atom. The van der Waals surface area contributed by atoms with E-state index in [9.17, 15) is 4.79 Å². The van der Waals surface area contributed by atoms with Crippen molar-refractivity contribution in [3.63, 3.8) is 0 Å². The Morgan fingerprint density at radius 2 is 2.24 bits per heavy atom. The molecule has 2 N–H and O–H groups in total. The minimum absolute atomic E-state index is 0.0363. The Morgan fingerprint density at radius 1 is 1.59 bits per heavy atom. The van der Waals surface area contributed by atoms with Gasteiger partial charge in [0.1, 0.15) is 10.9 Å². The van der Waals surface area contributed by atoms with E-state index in [-0.39, 0.29) is 11.7 Å². The molecule has 96 valence electrons. The number of aromatic nitrogens is 2. The molecule has 0 saturated heterocycles. The van der Waals surface area contributed by atoms with Crippen LogP contribution in [0.2, 0.25) is 5.15 Å². The minimum atomic E-state index is 0.0363. The second-order valence-corrected chi connectivity index (χ2v) is 4.81. The molecular weight excluding hydrogens is 238 g/mol. The van der Waals surface area contributed by atoms with Crippen molar-refractivity contribution >= 4 is 17.4 Å². The van der Waals surface area contributed by atoms with E-state index in [1.54, 1.807) is 11.7 Å². The van der Waals surface area contributed by atoms with Crippen molar-refractivity contribution in [2.45, 2.75) is 33.1 Å². The summed E-state index contributed by atoms with van der Waals surface area (Å²) in [5.41, 5.74) is 7.11. The Kier molecular flexibility index (Phi) is 5.15. The van der Waals surface area contributed by atoms with Crippen LogP contribution < -0.4 is 5.73 Å². The highest BCUT2D eigenvalue weighted by molar-refractivity contribution is 6.30. The highest BCUT2D eigenvalue weighted by atomic mass is 35.5. The van der Waals surface area contributed by atoms with Crippen LogP contribution in [0.1, 0.15) is 31.0 Å². The van der Waals surface area contributed by atoms with Gasteiger partial charge >= 0.3 is 0 Å². The first kappa shape index (κ1) is 14.2. The second kappa shape index (κ2) is 6.17. The predicted molar refractivity (Wildman–Crippen MR) is 69.1 cm³/mol. The summed E-state index contributed by atoms with van der Waals surface area (Å²) in [4.78, 5) is 12.0. The largest absolute Gasteiger partial charge is 0.330 e. The molecule has 0 aliphatic rings. The molecule has 0 saturated carbocycles. The van der Waals surface area contributed by atoms with E-state index >= 15 is 0 Å². The maximum Gasteiger partial charge on any atom is 0.140 e. The van der Waals surface area contributed by atoms with Crippen LogP contribution >= 0.6 is 11.6 Å². The van der Waals surface area contributed by atoms with Gasteiger partial charge in [-0.1, -0.05) is 18.5 Å². The first-order chi connectivity index (χ1) is 7.97. The highest BCUT2D eigenvalue weighted by Gasteiger charge is 2.18. The van der Waals surface area contributed by atoms with Crippen molar-refractivity contribution in [3.8, 4) is 0 Å². The molecule has 4 nitrogen and oxygen atoms in total. The van der Waals surface area contributed by atoms with E-state index < -0.39 is 0 Å². The molecule has 0 amide bonds. The van der Waals surface area contributed by atoms with E-state index in [0.717, 1.165) is 24.1 Å². The van der Waals surface area contributed by atoms with Gasteiger partial charge in [0.15, 0.2) is 0 Å². The number of ketones is 1. The molecule has 0 fully saturated rings. The minimum Gasteiger partial charge on any atom is -0.330 e. The van der Waals surface area contributed by atoms with Crippen molar-refractivity contribution in [1.29, 1.82) is 0 Å². The van der Waals surface area contributed by atoms with Crippen molar-refractivity contribution in [2.24, 2.45) is 18.7 Å². The lowest BCUT2D eigenvalue weighted by Gasteiger charge is -2.09. The summed E-state index contributed by atoms with van der Waals surface area (Å²) >= 11 is 6.10. The third-order valence-corrected chi connectivity index (χ3v) is 3.48. The first-order valence-corrected chi connectivity index (χ1v) is 6.26. The van der Waals surface area contributed by atoms with Gasteiger partial charge < -0.3 is 5.73 Å². The Hall–Kier alpha value is -0.870. The number of carbonyl (C=O) groups is 1. The monoisotopic (exact) mass is 257 g/mol. The number of rotatable bonds is 6. The molecule has 1 unspecified atom stereocenters. The molecule has 0 spiro atoms. The number of nitrogens with two attached hydrogens (primary N) is 1. The molecule has 1 aromatic heterocycles. The zero-order valence-corrected chi connectivity index (χ0v) is 11.4. The van der Waals surface area contributed by atoms with Gasteiger partial charge in [-0.3, -0.25) is 9.48 Å². The molecular formula is C12H20ClN3O. The summed E-state index contributed by atoms with van der Waals surface area (Å²) in [5.74, 6) is 0.241. The van der Waals surface area contributed by atoms with Gasteiger partial charge in [0.05, 0.1) is 5.69 Å². The van der Waals surface area contributed by atoms with Crippen LogP contribution in [0, 0.1) is 12.8 Å². The standard InChI is InChI=1S/C12H20ClN3O/c1-8(5-4-6-14)11(17)7-10-9(2)15-16(3)12(10)13/h8H,4-7,14H2,1-3H3. The lowest BCUT2D eigenvalue weighted by atomic mass is 9.96. The van der Waals surface area contributed by atoms with E-state index in [4.69, 9.17) is 17.3 Å². The summed E-state index contributed by atoms with van der Waals surface area (Å²) in [6.07, 6.45) is 2.09. The number of nitrogens with zero attached hydrogens (tertiary/aromatic N) is 2. The maximum atomic E-state index is 12.0. The van der Waals surface area contributed by atoms with Gasteiger partial charge in [-0.15, -0.1) is 0 Å². The topological polar surface area (TPSA) is 60.9 Å². The van der Waals surface area contributed by atoms with Crippen molar-refractivity contribution in [1.82, 2.24) is 9.78 Å². The average molecular weight is 258 g/mol. The molecule has 0 radical (unpaired) electrons. The number of halogens is 1. The lowest BCUT2D eigenvalue weighted by Crippen LogP contribution is -2.15. The van der Waals surface area contributed by atoms with Crippen LogP contribution in [0.4, 0.5) is 0 Å². The van der Waals surface area contributed by atoms with Crippen molar-refractivity contribution in [3.05, 3.63) is 16.4 Å². The maximum absolute atomic E-state index is 12.0. The summed E-state index contributed by atoms with van der Waals surface area (Å²) in [6, 6.07) is 0. The Balaban J connectivity index is 2.67. The number of Topliss-reactive ketones (excluding diaryl/α,β-unsaturated/α-hetero) is 1. The molecule has 1 heterocycles. The number of hydrogen-bond donors (Lipinski definition) is 1. The van der Waals surface area contributed by atoms with Crippen LogP contribution in [0.3, 0.4) is 0 Å². The zero-order chi connectivity index (χ0) is 13.0. The molecule has 1 rings (SSSR count).